The average Bonchev–Trinajstić information content (AvgIpc) is 3.80. The number of carbonyl (C=O) groups excluding carboxylic acids is 6. The first kappa shape index (κ1) is 38.7. The van der Waals surface area contributed by atoms with Crippen molar-refractivity contribution in [2.45, 2.75) is 97.1 Å². The zero-order valence-electron chi connectivity index (χ0n) is 29.0. The van der Waals surface area contributed by atoms with Gasteiger partial charge in [0.15, 0.2) is 0 Å². The second-order valence-corrected chi connectivity index (χ2v) is 12.9. The van der Waals surface area contributed by atoms with Crippen molar-refractivity contribution in [2.24, 2.45) is 17.6 Å². The van der Waals surface area contributed by atoms with Gasteiger partial charge < -0.3 is 42.2 Å². The molecule has 0 spiro atoms. The lowest BCUT2D eigenvalue weighted by Crippen LogP contribution is -2.57. The summed E-state index contributed by atoms with van der Waals surface area (Å²) in [5.74, 6) is -3.27. The summed E-state index contributed by atoms with van der Waals surface area (Å²) in [6.07, 6.45) is 4.71. The van der Waals surface area contributed by atoms with Gasteiger partial charge in [0.25, 0.3) is 0 Å². The van der Waals surface area contributed by atoms with E-state index in [1.165, 1.54) is 24.3 Å². The maximum absolute atomic E-state index is 13.4. The van der Waals surface area contributed by atoms with Crippen LogP contribution in [0.5, 0.6) is 0 Å². The first-order valence-corrected chi connectivity index (χ1v) is 16.8. The quantitative estimate of drug-likeness (QED) is 0.119. The maximum Gasteiger partial charge on any atom is 0.243 e. The SMILES string of the molecule is CC[C@H](C)[C@H](NC(=O)[C@@H]1CCCN1C(=O)CNC(=O)[C@H](C)NC(=O)[C@H](Cc1cnc[nH]1)NC(=O)[C@@H](N)C(C)C)C(=O)NCc1ccccc1. The molecule has 0 unspecified atom stereocenters. The van der Waals surface area contributed by atoms with Crippen molar-refractivity contribution in [2.75, 3.05) is 13.1 Å². The molecule has 15 nitrogen and oxygen atoms in total. The Hall–Kier alpha value is -4.79. The Labute approximate surface area is 287 Å². The first-order valence-electron chi connectivity index (χ1n) is 16.8. The first-order chi connectivity index (χ1) is 23.3. The Bertz CT molecular complexity index is 1420. The summed E-state index contributed by atoms with van der Waals surface area (Å²) in [6.45, 7) is 9.09. The fourth-order valence-corrected chi connectivity index (χ4v) is 5.38. The van der Waals surface area contributed by atoms with Crippen LogP contribution in [-0.4, -0.2) is 93.6 Å². The molecule has 6 atom stereocenters. The summed E-state index contributed by atoms with van der Waals surface area (Å²) in [5.41, 5.74) is 7.48. The molecule has 0 bridgehead atoms. The van der Waals surface area contributed by atoms with Gasteiger partial charge in [0.1, 0.15) is 24.2 Å². The predicted molar refractivity (Wildman–Crippen MR) is 182 cm³/mol. The summed E-state index contributed by atoms with van der Waals surface area (Å²) >= 11 is 0. The molecule has 1 fully saturated rings. The summed E-state index contributed by atoms with van der Waals surface area (Å²) < 4.78 is 0. The molecule has 2 aromatic rings. The third-order valence-electron chi connectivity index (χ3n) is 8.78. The van der Waals surface area contributed by atoms with Gasteiger partial charge in [-0.15, -0.1) is 0 Å². The molecule has 8 N–H and O–H groups in total. The molecule has 1 saturated heterocycles. The number of rotatable bonds is 17. The molecule has 15 heteroatoms. The highest BCUT2D eigenvalue weighted by molar-refractivity contribution is 5.95. The summed E-state index contributed by atoms with van der Waals surface area (Å²) in [7, 11) is 0. The number of amides is 6. The van der Waals surface area contributed by atoms with Crippen LogP contribution in [0.2, 0.25) is 0 Å². The van der Waals surface area contributed by atoms with Gasteiger partial charge in [-0.2, -0.15) is 0 Å². The lowest BCUT2D eigenvalue weighted by molar-refractivity contribution is -0.140. The number of carbonyl (C=O) groups is 6. The van der Waals surface area contributed by atoms with Crippen molar-refractivity contribution in [1.82, 2.24) is 41.5 Å². The van der Waals surface area contributed by atoms with Gasteiger partial charge in [-0.05, 0) is 37.2 Å². The molecular formula is C34H51N9O6. The molecule has 268 valence electrons. The highest BCUT2D eigenvalue weighted by Crippen LogP contribution is 2.19. The summed E-state index contributed by atoms with van der Waals surface area (Å²) in [5, 5.41) is 13.5. The van der Waals surface area contributed by atoms with Crippen molar-refractivity contribution in [1.29, 1.82) is 0 Å². The van der Waals surface area contributed by atoms with Gasteiger partial charge in [-0.1, -0.05) is 64.4 Å². The van der Waals surface area contributed by atoms with E-state index in [4.69, 9.17) is 5.73 Å². The Morgan fingerprint density at radius 3 is 2.29 bits per heavy atom. The van der Waals surface area contributed by atoms with Crippen molar-refractivity contribution in [3.63, 3.8) is 0 Å². The number of nitrogens with zero attached hydrogens (tertiary/aromatic N) is 2. The van der Waals surface area contributed by atoms with Crippen LogP contribution in [0.15, 0.2) is 42.9 Å². The number of hydrogen-bond donors (Lipinski definition) is 7. The standard InChI is InChI=1S/C34H51N9O6/c1-6-21(4)29(34(49)37-16-23-11-8-7-9-12-23)42-32(47)26-13-10-14-43(26)27(44)18-38-30(45)22(5)40-31(46)25(15-24-17-36-19-39-24)41-33(48)28(35)20(2)3/h7-9,11-12,17,19-22,25-26,28-29H,6,10,13-16,18,35H2,1-5H3,(H,36,39)(H,37,49)(H,38,45)(H,40,46)(H,41,48)(H,42,47)/t21-,22-,25-,26-,28-,29-/m0/s1. The topological polar surface area (TPSA) is 221 Å². The molecule has 1 aromatic heterocycles. The highest BCUT2D eigenvalue weighted by Gasteiger charge is 2.37. The molecule has 2 heterocycles. The lowest BCUT2D eigenvalue weighted by atomic mass is 9.97. The molecule has 1 aliphatic rings. The van der Waals surface area contributed by atoms with Crippen LogP contribution >= 0.6 is 0 Å². The number of aromatic amines is 1. The van der Waals surface area contributed by atoms with Gasteiger partial charge in [-0.25, -0.2) is 4.98 Å². The molecule has 3 rings (SSSR count). The zero-order valence-corrected chi connectivity index (χ0v) is 29.0. The lowest BCUT2D eigenvalue weighted by Gasteiger charge is -2.29. The maximum atomic E-state index is 13.4. The van der Waals surface area contributed by atoms with Crippen LogP contribution in [0, 0.1) is 11.8 Å². The zero-order chi connectivity index (χ0) is 36.1. The van der Waals surface area contributed by atoms with E-state index in [9.17, 15) is 28.8 Å². The largest absolute Gasteiger partial charge is 0.350 e. The number of imidazole rings is 1. The number of benzene rings is 1. The van der Waals surface area contributed by atoms with E-state index in [0.29, 0.717) is 38.0 Å². The summed E-state index contributed by atoms with van der Waals surface area (Å²) in [6, 6.07) is 4.94. The van der Waals surface area contributed by atoms with Gasteiger partial charge >= 0.3 is 0 Å². The third kappa shape index (κ3) is 11.4. The Kier molecular flexibility index (Phi) is 14.7. The monoisotopic (exact) mass is 681 g/mol. The highest BCUT2D eigenvalue weighted by atomic mass is 16.2. The molecule has 0 saturated carbocycles. The minimum atomic E-state index is -1.05. The van der Waals surface area contributed by atoms with Crippen LogP contribution in [0.1, 0.15) is 65.1 Å². The number of nitrogens with one attached hydrogen (secondary N) is 6. The van der Waals surface area contributed by atoms with E-state index in [1.807, 2.05) is 44.2 Å². The Morgan fingerprint density at radius 1 is 0.939 bits per heavy atom. The molecule has 0 radical (unpaired) electrons. The van der Waals surface area contributed by atoms with Gasteiger partial charge in [0.2, 0.25) is 35.4 Å². The number of H-pyrrole nitrogens is 1. The molecule has 1 aromatic carbocycles. The number of hydrogen-bond acceptors (Lipinski definition) is 8. The molecule has 49 heavy (non-hydrogen) atoms. The normalized spacial score (nSPS) is 17.3. The van der Waals surface area contributed by atoms with E-state index < -0.39 is 66.3 Å². The van der Waals surface area contributed by atoms with Crippen molar-refractivity contribution in [3.05, 3.63) is 54.1 Å². The van der Waals surface area contributed by atoms with Gasteiger partial charge in [-0.3, -0.25) is 28.8 Å². The van der Waals surface area contributed by atoms with Crippen molar-refractivity contribution < 1.29 is 28.8 Å². The van der Waals surface area contributed by atoms with Crippen LogP contribution in [0.3, 0.4) is 0 Å². The molecular weight excluding hydrogens is 630 g/mol. The van der Waals surface area contributed by atoms with Gasteiger partial charge in [0.05, 0.1) is 18.9 Å². The van der Waals surface area contributed by atoms with Crippen molar-refractivity contribution in [3.8, 4) is 0 Å². The number of aromatic nitrogens is 2. The van der Waals surface area contributed by atoms with Crippen LogP contribution < -0.4 is 32.3 Å². The fraction of sp³-hybridized carbons (Fsp3) is 0.559. The fourth-order valence-electron chi connectivity index (χ4n) is 5.38. The predicted octanol–water partition coefficient (Wildman–Crippen LogP) is -0.120. The van der Waals surface area contributed by atoms with Crippen LogP contribution in [0.4, 0.5) is 0 Å². The third-order valence-corrected chi connectivity index (χ3v) is 8.78. The minimum absolute atomic E-state index is 0.0835. The van der Waals surface area contributed by atoms with E-state index in [1.54, 1.807) is 13.8 Å². The molecule has 1 aliphatic heterocycles. The summed E-state index contributed by atoms with van der Waals surface area (Å²) in [4.78, 5) is 86.7. The van der Waals surface area contributed by atoms with E-state index in [-0.39, 0.29) is 24.2 Å². The Morgan fingerprint density at radius 2 is 1.65 bits per heavy atom. The van der Waals surface area contributed by atoms with Crippen LogP contribution in [0.25, 0.3) is 0 Å². The van der Waals surface area contributed by atoms with E-state index in [0.717, 1.165) is 5.56 Å². The molecule has 6 amide bonds. The van der Waals surface area contributed by atoms with Crippen molar-refractivity contribution >= 4 is 35.4 Å². The second-order valence-electron chi connectivity index (χ2n) is 12.9. The number of likely N-dealkylation sites (tertiary alicyclic amines) is 1. The molecule has 0 aliphatic carbocycles. The van der Waals surface area contributed by atoms with E-state index >= 15 is 0 Å². The Balaban J connectivity index is 1.55. The van der Waals surface area contributed by atoms with Crippen LogP contribution in [-0.2, 0) is 41.7 Å². The number of nitrogens with two attached hydrogens (primary N) is 1. The van der Waals surface area contributed by atoms with Gasteiger partial charge in [0, 0.05) is 31.4 Å². The second kappa shape index (κ2) is 18.7. The smallest absolute Gasteiger partial charge is 0.243 e. The van der Waals surface area contributed by atoms with E-state index in [2.05, 4.69) is 36.6 Å². The average molecular weight is 682 g/mol. The minimum Gasteiger partial charge on any atom is -0.350 e.